The number of carbonyl (C=O) groups is 4. The van der Waals surface area contributed by atoms with E-state index >= 15 is 0 Å². The molecule has 0 N–H and O–H groups in total. The topological polar surface area (TPSA) is 86.7 Å². The van der Waals surface area contributed by atoms with Crippen molar-refractivity contribution >= 4 is 46.7 Å². The number of halogens is 2. The fourth-order valence-corrected chi connectivity index (χ4v) is 7.53. The number of fused-ring (bicyclic) bond motifs is 5. The Balaban J connectivity index is 1.75. The molecule has 0 spiro atoms. The van der Waals surface area contributed by atoms with Gasteiger partial charge < -0.3 is 9.47 Å². The second kappa shape index (κ2) is 8.37. The molecular weight excluding hydrogens is 467 g/mol. The van der Waals surface area contributed by atoms with Crippen LogP contribution in [0.5, 0.6) is 0 Å². The molecule has 33 heavy (non-hydrogen) atoms. The Kier molecular flexibility index (Phi) is 6.27. The third-order valence-corrected chi connectivity index (χ3v) is 9.26. The van der Waals surface area contributed by atoms with Gasteiger partial charge in [-0.25, -0.2) is 9.59 Å². The van der Waals surface area contributed by atoms with Crippen molar-refractivity contribution in [3.63, 3.8) is 0 Å². The van der Waals surface area contributed by atoms with E-state index in [4.69, 9.17) is 32.7 Å². The van der Waals surface area contributed by atoms with Crippen molar-refractivity contribution in [3.8, 4) is 0 Å². The number of allylic oxidation sites excluding steroid dienone is 1. The number of rotatable bonds is 4. The molecule has 4 rings (SSSR count). The minimum Gasteiger partial charge on any atom is -0.460 e. The molecule has 6 nitrogen and oxygen atoms in total. The van der Waals surface area contributed by atoms with Gasteiger partial charge in [0, 0.05) is 24.2 Å². The van der Waals surface area contributed by atoms with Crippen LogP contribution in [0.1, 0.15) is 72.6 Å². The summed E-state index contributed by atoms with van der Waals surface area (Å²) in [6.45, 7) is 7.46. The molecule has 0 aromatic carbocycles. The van der Waals surface area contributed by atoms with Gasteiger partial charge in [-0.05, 0) is 69.3 Å². The molecule has 0 saturated heterocycles. The van der Waals surface area contributed by atoms with E-state index in [1.54, 1.807) is 19.9 Å². The maximum atomic E-state index is 13.8. The molecule has 0 radical (unpaired) electrons. The van der Waals surface area contributed by atoms with Crippen LogP contribution in [-0.4, -0.2) is 40.0 Å². The molecular formula is C25H32Cl2O6. The number of Topliss-reactive ketones (excluding diaryl/α,β-unsaturated/α-hetero) is 1. The van der Waals surface area contributed by atoms with E-state index in [1.807, 2.05) is 6.92 Å². The van der Waals surface area contributed by atoms with Gasteiger partial charge in [0.05, 0.1) is 6.10 Å². The third kappa shape index (κ3) is 3.67. The normalized spacial score (nSPS) is 40.1. The lowest BCUT2D eigenvalue weighted by atomic mass is 9.46. The summed E-state index contributed by atoms with van der Waals surface area (Å²) in [7, 11) is 0. The van der Waals surface area contributed by atoms with E-state index in [0.29, 0.717) is 19.3 Å². The monoisotopic (exact) mass is 498 g/mol. The minimum absolute atomic E-state index is 0.00665. The van der Waals surface area contributed by atoms with Crippen molar-refractivity contribution in [2.75, 3.05) is 0 Å². The van der Waals surface area contributed by atoms with Gasteiger partial charge in [0.2, 0.25) is 10.4 Å². The fourth-order valence-electron chi connectivity index (χ4n) is 7.44. The van der Waals surface area contributed by atoms with Gasteiger partial charge in [0.15, 0.2) is 5.78 Å². The van der Waals surface area contributed by atoms with Crippen LogP contribution in [0.2, 0.25) is 0 Å². The first-order chi connectivity index (χ1) is 15.4. The molecule has 0 heterocycles. The smallest absolute Gasteiger partial charge is 0.351 e. The number of hydrogen-bond acceptors (Lipinski definition) is 6. The molecule has 8 heteroatoms. The number of hydrogen-bond donors (Lipinski definition) is 0. The lowest BCUT2D eigenvalue weighted by molar-refractivity contribution is -0.206. The second-order valence-electron chi connectivity index (χ2n) is 10.9. The zero-order chi connectivity index (χ0) is 24.3. The van der Waals surface area contributed by atoms with Crippen LogP contribution < -0.4 is 0 Å². The molecule has 4 aliphatic rings. The van der Waals surface area contributed by atoms with E-state index in [9.17, 15) is 19.2 Å². The van der Waals surface area contributed by atoms with Crippen molar-refractivity contribution in [1.82, 2.24) is 0 Å². The van der Waals surface area contributed by atoms with Crippen LogP contribution in [0.3, 0.4) is 0 Å². The van der Waals surface area contributed by atoms with Crippen LogP contribution in [0, 0.1) is 28.6 Å². The first kappa shape index (κ1) is 24.7. The Hall–Kier alpha value is -1.40. The Morgan fingerprint density at radius 1 is 1.09 bits per heavy atom. The number of carbonyl (C=O) groups excluding carboxylic acids is 4. The minimum atomic E-state index is -1.61. The molecule has 4 aliphatic carbocycles. The number of ether oxygens (including phenoxy) is 2. The molecule has 0 amide bonds. The molecule has 182 valence electrons. The highest BCUT2D eigenvalue weighted by Crippen LogP contribution is 2.67. The first-order valence-electron chi connectivity index (χ1n) is 11.8. The summed E-state index contributed by atoms with van der Waals surface area (Å²) in [6, 6.07) is 0. The molecule has 0 aromatic heterocycles. The predicted molar refractivity (Wildman–Crippen MR) is 123 cm³/mol. The second-order valence-corrected chi connectivity index (χ2v) is 12.0. The summed E-state index contributed by atoms with van der Waals surface area (Å²) >= 11 is 11.6. The molecule has 0 aromatic rings. The predicted octanol–water partition coefficient (Wildman–Crippen LogP) is 4.73. The van der Waals surface area contributed by atoms with Crippen LogP contribution >= 0.6 is 23.2 Å². The first-order valence-corrected chi connectivity index (χ1v) is 12.7. The van der Waals surface area contributed by atoms with Crippen LogP contribution in [0.25, 0.3) is 0 Å². The van der Waals surface area contributed by atoms with Gasteiger partial charge in [-0.15, -0.1) is 0 Å². The van der Waals surface area contributed by atoms with Gasteiger partial charge in [0.1, 0.15) is 5.78 Å². The highest BCUT2D eigenvalue weighted by Gasteiger charge is 2.71. The summed E-state index contributed by atoms with van der Waals surface area (Å²) in [5, 5.41) is 0. The number of esters is 2. The van der Waals surface area contributed by atoms with Crippen molar-refractivity contribution in [2.24, 2.45) is 28.6 Å². The Morgan fingerprint density at radius 3 is 2.42 bits per heavy atom. The summed E-state index contributed by atoms with van der Waals surface area (Å²) in [5.74, 6) is -1.51. The highest BCUT2D eigenvalue weighted by molar-refractivity contribution is 6.53. The van der Waals surface area contributed by atoms with Crippen LogP contribution in [0.4, 0.5) is 0 Å². The lowest BCUT2D eigenvalue weighted by Gasteiger charge is -2.57. The van der Waals surface area contributed by atoms with E-state index in [1.165, 1.54) is 0 Å². The van der Waals surface area contributed by atoms with Gasteiger partial charge >= 0.3 is 11.9 Å². The SMILES string of the molecule is CC(C)OC(=O)C1(OC(=O)C(Cl)Cl)CC[C@H]2[C@@H]3CCC4=CC(=O)CC[C@]4(C)[C@@H]3C(=O)C[C@@]21C. The summed E-state index contributed by atoms with van der Waals surface area (Å²) in [5.41, 5.74) is -1.79. The maximum Gasteiger partial charge on any atom is 0.351 e. The van der Waals surface area contributed by atoms with E-state index in [0.717, 1.165) is 18.4 Å². The van der Waals surface area contributed by atoms with Crippen LogP contribution in [0.15, 0.2) is 11.6 Å². The Morgan fingerprint density at radius 2 is 1.79 bits per heavy atom. The molecule has 6 atom stereocenters. The third-order valence-electron chi connectivity index (χ3n) is 8.90. The maximum absolute atomic E-state index is 13.8. The van der Waals surface area contributed by atoms with Crippen molar-refractivity contribution in [1.29, 1.82) is 0 Å². The average molecular weight is 499 g/mol. The van der Waals surface area contributed by atoms with Crippen LogP contribution in [-0.2, 0) is 28.7 Å². The number of alkyl halides is 2. The summed E-state index contributed by atoms with van der Waals surface area (Å²) in [6.07, 6.45) is 4.99. The van der Waals surface area contributed by atoms with Gasteiger partial charge in [-0.3, -0.25) is 9.59 Å². The lowest BCUT2D eigenvalue weighted by Crippen LogP contribution is -2.62. The van der Waals surface area contributed by atoms with E-state index in [-0.39, 0.29) is 47.6 Å². The molecule has 3 fully saturated rings. The van der Waals surface area contributed by atoms with Gasteiger partial charge in [0.25, 0.3) is 0 Å². The quantitative estimate of drug-likeness (QED) is 0.411. The molecule has 1 unspecified atom stereocenters. The highest BCUT2D eigenvalue weighted by atomic mass is 35.5. The van der Waals surface area contributed by atoms with E-state index in [2.05, 4.69) is 6.92 Å². The Labute approximate surface area is 204 Å². The summed E-state index contributed by atoms with van der Waals surface area (Å²) < 4.78 is 11.3. The van der Waals surface area contributed by atoms with E-state index < -0.39 is 33.9 Å². The van der Waals surface area contributed by atoms with Crippen molar-refractivity contribution in [2.45, 2.75) is 89.2 Å². The van der Waals surface area contributed by atoms with Crippen molar-refractivity contribution < 1.29 is 28.7 Å². The average Bonchev–Trinajstić information content (AvgIpc) is 3.00. The Bertz CT molecular complexity index is 926. The summed E-state index contributed by atoms with van der Waals surface area (Å²) in [4.78, 5) is 50.4. The van der Waals surface area contributed by atoms with Gasteiger partial charge in [-0.2, -0.15) is 0 Å². The molecule has 3 saturated carbocycles. The number of ketones is 2. The largest absolute Gasteiger partial charge is 0.460 e. The molecule has 0 bridgehead atoms. The van der Waals surface area contributed by atoms with Gasteiger partial charge in [-0.1, -0.05) is 42.6 Å². The zero-order valence-corrected chi connectivity index (χ0v) is 21.1. The standard InChI is InChI=1S/C25H32Cl2O6/c1-13(2)32-22(31)25(33-21(30)20(26)27)10-8-17-16-6-5-14-11-15(28)7-9-23(14,3)19(16)18(29)12-24(17,25)4/h11,13,16-17,19-20H,5-10,12H2,1-4H3/t16-,17-,19-,23-,24-,25?/m0/s1. The fraction of sp³-hybridized carbons (Fsp3) is 0.760. The van der Waals surface area contributed by atoms with Crippen molar-refractivity contribution in [3.05, 3.63) is 11.6 Å². The zero-order valence-electron chi connectivity index (χ0n) is 19.6. The molecule has 0 aliphatic heterocycles.